The van der Waals surface area contributed by atoms with E-state index in [1.165, 1.54) is 25.6 Å². The lowest BCUT2D eigenvalue weighted by Gasteiger charge is -2.15. The Kier molecular flexibility index (Phi) is 8.54. The molecule has 3 aromatic heterocycles. The zero-order valence-electron chi connectivity index (χ0n) is 22.2. The lowest BCUT2D eigenvalue weighted by molar-refractivity contribution is 0.102. The van der Waals surface area contributed by atoms with Crippen LogP contribution >= 0.6 is 11.3 Å². The van der Waals surface area contributed by atoms with Gasteiger partial charge < -0.3 is 35.7 Å². The van der Waals surface area contributed by atoms with Gasteiger partial charge in [-0.05, 0) is 24.3 Å². The number of nitrogens with one attached hydrogen (secondary N) is 4. The number of nitrogen functional groups attached to an aromatic ring is 1. The number of aliphatic hydroxyl groups excluding tert-OH is 1. The van der Waals surface area contributed by atoms with E-state index in [0.717, 1.165) is 23.1 Å². The first-order valence-corrected chi connectivity index (χ1v) is 13.3. The number of rotatable bonds is 10. The summed E-state index contributed by atoms with van der Waals surface area (Å²) in [6.07, 6.45) is 3.37. The Morgan fingerprint density at radius 3 is 2.77 bits per heavy atom. The summed E-state index contributed by atoms with van der Waals surface area (Å²) in [5.41, 5.74) is 6.32. The summed E-state index contributed by atoms with van der Waals surface area (Å²) in [6, 6.07) is 6.56. The van der Waals surface area contributed by atoms with Crippen LogP contribution in [0.25, 0.3) is 22.2 Å². The number of carbonyl (C=O) groups excluding carboxylic acids is 2. The number of amides is 3. The molecule has 0 fully saturated rings. The molecule has 0 aliphatic rings. The Morgan fingerprint density at radius 1 is 1.19 bits per heavy atom. The van der Waals surface area contributed by atoms with Crippen LogP contribution in [0.3, 0.4) is 0 Å². The minimum atomic E-state index is -1.02. The van der Waals surface area contributed by atoms with Gasteiger partial charge in [-0.3, -0.25) is 10.1 Å². The van der Waals surface area contributed by atoms with E-state index in [4.69, 9.17) is 15.0 Å². The van der Waals surface area contributed by atoms with Gasteiger partial charge in [0.25, 0.3) is 11.8 Å². The second-order valence-electron chi connectivity index (χ2n) is 8.91. The van der Waals surface area contributed by atoms with Crippen molar-refractivity contribution < 1.29 is 32.7 Å². The van der Waals surface area contributed by atoms with Gasteiger partial charge in [0.05, 0.1) is 37.3 Å². The van der Waals surface area contributed by atoms with E-state index >= 15 is 0 Å². The van der Waals surface area contributed by atoms with Gasteiger partial charge in [-0.25, -0.2) is 23.5 Å². The molecule has 3 amide bonds. The average Bonchev–Trinajstić information content (AvgIpc) is 3.76. The lowest BCUT2D eigenvalue weighted by Crippen LogP contribution is -2.41. The predicted molar refractivity (Wildman–Crippen MR) is 151 cm³/mol. The van der Waals surface area contributed by atoms with Crippen LogP contribution in [-0.2, 0) is 6.42 Å². The van der Waals surface area contributed by atoms with Gasteiger partial charge >= 0.3 is 6.03 Å². The summed E-state index contributed by atoms with van der Waals surface area (Å²) in [5.74, 6) is -2.71. The third-order valence-corrected chi connectivity index (χ3v) is 6.92. The molecular weight excluding hydrogens is 588 g/mol. The molecule has 0 aliphatic heterocycles. The number of halogens is 2. The highest BCUT2D eigenvalue weighted by Crippen LogP contribution is 2.36. The second-order valence-corrected chi connectivity index (χ2v) is 9.91. The van der Waals surface area contributed by atoms with Gasteiger partial charge in [-0.2, -0.15) is 4.98 Å². The van der Waals surface area contributed by atoms with E-state index in [1.807, 2.05) is 0 Å². The summed E-state index contributed by atoms with van der Waals surface area (Å²) >= 11 is 0.904. The fourth-order valence-electron chi connectivity index (χ4n) is 3.88. The van der Waals surface area contributed by atoms with Crippen LogP contribution in [0.2, 0.25) is 0 Å². The first-order chi connectivity index (χ1) is 20.7. The van der Waals surface area contributed by atoms with Gasteiger partial charge in [0.2, 0.25) is 5.82 Å². The molecule has 222 valence electrons. The number of hydrogen-bond donors (Lipinski definition) is 6. The van der Waals surface area contributed by atoms with Crippen molar-refractivity contribution in [3.63, 3.8) is 0 Å². The smallest absolute Gasteiger partial charge is 0.321 e. The third-order valence-electron chi connectivity index (χ3n) is 5.95. The first kappa shape index (κ1) is 29.1. The summed E-state index contributed by atoms with van der Waals surface area (Å²) in [4.78, 5) is 40.3. The van der Waals surface area contributed by atoms with Gasteiger partial charge in [0.1, 0.15) is 28.1 Å². The molecule has 14 nitrogen and oxygen atoms in total. The quantitative estimate of drug-likeness (QED) is 0.136. The number of thiazole rings is 1. The molecule has 0 saturated carbocycles. The minimum absolute atomic E-state index is 0.0579. The molecule has 2 aromatic carbocycles. The Hall–Kier alpha value is -5.42. The molecule has 1 atom stereocenters. The number of aromatic nitrogens is 5. The Labute approximate surface area is 245 Å². The number of aromatic amines is 1. The fourth-order valence-corrected chi connectivity index (χ4v) is 4.68. The van der Waals surface area contributed by atoms with Gasteiger partial charge in [-0.15, -0.1) is 0 Å². The highest BCUT2D eigenvalue weighted by Gasteiger charge is 2.23. The van der Waals surface area contributed by atoms with E-state index in [1.54, 1.807) is 18.3 Å². The van der Waals surface area contributed by atoms with E-state index in [9.17, 15) is 23.5 Å². The molecule has 0 spiro atoms. The number of aliphatic hydroxyl groups is 1. The van der Waals surface area contributed by atoms with Crippen molar-refractivity contribution in [2.45, 2.75) is 12.5 Å². The van der Waals surface area contributed by atoms with Crippen LogP contribution in [0, 0.1) is 11.6 Å². The van der Waals surface area contributed by atoms with Gasteiger partial charge in [0.15, 0.2) is 5.13 Å². The van der Waals surface area contributed by atoms with E-state index in [2.05, 4.69) is 41.0 Å². The molecule has 5 rings (SSSR count). The molecule has 43 heavy (non-hydrogen) atoms. The van der Waals surface area contributed by atoms with Crippen molar-refractivity contribution in [1.29, 1.82) is 0 Å². The number of carbonyl (C=O) groups is 2. The lowest BCUT2D eigenvalue weighted by atomic mass is 10.1. The predicted octanol–water partition coefficient (Wildman–Crippen LogP) is 3.43. The number of anilines is 3. The molecule has 0 aliphatic carbocycles. The standard InChI is InChI=1S/C26H23F2N9O5S/c1-41-15-4-2-3-12(5-15)23(39)33-19-7-16(17(27)8-18(19)28)22-35-24(42-37-22)20-21(29)34-26(43-20)36-25(40)32-14(10-38)6-13-9-30-11-31-13/h2-5,7-9,11,14,38H,6,10,29H2,1H3,(H,30,31)(H,33,39)(H2,32,34,36,40)/t14-/m0/s1. The highest BCUT2D eigenvalue weighted by atomic mass is 32.1. The second kappa shape index (κ2) is 12.6. The Morgan fingerprint density at radius 2 is 2.02 bits per heavy atom. The van der Waals surface area contributed by atoms with E-state index in [0.29, 0.717) is 18.2 Å². The van der Waals surface area contributed by atoms with E-state index < -0.39 is 29.6 Å². The number of hydrogen-bond acceptors (Lipinski definition) is 11. The minimum Gasteiger partial charge on any atom is -0.497 e. The summed E-state index contributed by atoms with van der Waals surface area (Å²) in [7, 11) is 1.44. The van der Waals surface area contributed by atoms with Crippen LogP contribution in [0.15, 0.2) is 53.4 Å². The number of methoxy groups -OCH3 is 1. The molecule has 7 N–H and O–H groups in total. The topological polar surface area (TPSA) is 206 Å². The molecule has 5 aromatic rings. The molecule has 0 saturated heterocycles. The Bertz CT molecular complexity index is 1760. The number of benzene rings is 2. The van der Waals surface area contributed by atoms with Crippen molar-refractivity contribution in [1.82, 2.24) is 30.4 Å². The van der Waals surface area contributed by atoms with Gasteiger partial charge in [0, 0.05) is 29.9 Å². The third kappa shape index (κ3) is 6.74. The maximum atomic E-state index is 14.8. The number of ether oxygens (including phenoxy) is 1. The zero-order chi connectivity index (χ0) is 30.5. The molecule has 0 unspecified atom stereocenters. The SMILES string of the molecule is COc1cccc(C(=O)Nc2cc(-c3noc(-c4sc(NC(=O)N[C@H](CO)Cc5cnc[nH]5)nc4N)n3)c(F)cc2F)c1. The van der Waals surface area contributed by atoms with Crippen LogP contribution in [-0.4, -0.2) is 61.9 Å². The van der Waals surface area contributed by atoms with Crippen molar-refractivity contribution in [3.8, 4) is 27.9 Å². The fraction of sp³-hybridized carbons (Fsp3) is 0.154. The van der Waals surface area contributed by atoms with Crippen LogP contribution < -0.4 is 26.4 Å². The van der Waals surface area contributed by atoms with Crippen LogP contribution in [0.1, 0.15) is 16.1 Å². The maximum absolute atomic E-state index is 14.8. The number of imidazole rings is 1. The summed E-state index contributed by atoms with van der Waals surface area (Å²) < 4.78 is 39.7. The van der Waals surface area contributed by atoms with E-state index in [-0.39, 0.29) is 51.0 Å². The normalized spacial score (nSPS) is 11.6. The van der Waals surface area contributed by atoms with Crippen molar-refractivity contribution >= 4 is 39.9 Å². The summed E-state index contributed by atoms with van der Waals surface area (Å²) in [6.45, 7) is -0.325. The Balaban J connectivity index is 1.30. The van der Waals surface area contributed by atoms with Crippen LogP contribution in [0.4, 0.5) is 30.2 Å². The largest absolute Gasteiger partial charge is 0.497 e. The van der Waals surface area contributed by atoms with Crippen molar-refractivity contribution in [2.24, 2.45) is 0 Å². The number of nitrogens with zero attached hydrogens (tertiary/aromatic N) is 4. The first-order valence-electron chi connectivity index (χ1n) is 12.4. The molecule has 0 bridgehead atoms. The molecule has 3 heterocycles. The molecule has 17 heteroatoms. The average molecular weight is 612 g/mol. The van der Waals surface area contributed by atoms with Crippen LogP contribution in [0.5, 0.6) is 5.75 Å². The summed E-state index contributed by atoms with van der Waals surface area (Å²) in [5, 5.41) is 21.0. The van der Waals surface area contributed by atoms with Crippen molar-refractivity contribution in [2.75, 3.05) is 30.1 Å². The van der Waals surface area contributed by atoms with Crippen molar-refractivity contribution in [3.05, 3.63) is 71.8 Å². The molecular formula is C26H23F2N9O5S. The number of nitrogens with two attached hydrogens (primary N) is 1. The number of H-pyrrole nitrogens is 1. The zero-order valence-corrected chi connectivity index (χ0v) is 23.0. The molecule has 0 radical (unpaired) electrons. The monoisotopic (exact) mass is 611 g/mol. The number of urea groups is 1. The highest BCUT2D eigenvalue weighted by molar-refractivity contribution is 7.19. The van der Waals surface area contributed by atoms with Gasteiger partial charge in [-0.1, -0.05) is 22.6 Å². The maximum Gasteiger partial charge on any atom is 0.321 e.